The van der Waals surface area contributed by atoms with Gasteiger partial charge in [0.2, 0.25) is 5.06 Å². The zero-order valence-corrected chi connectivity index (χ0v) is 20.1. The number of fused-ring (bicyclic) bond motifs is 1. The molecule has 9 heteroatoms. The molecule has 2 N–H and O–H groups in total. The average Bonchev–Trinajstić information content (AvgIpc) is 3.17. The molecule has 7 nitrogen and oxygen atoms in total. The van der Waals surface area contributed by atoms with E-state index in [-0.39, 0.29) is 22.7 Å². The number of nitrogens with one attached hydrogen (secondary N) is 2. The van der Waals surface area contributed by atoms with Crippen LogP contribution in [0.3, 0.4) is 0 Å². The monoisotopic (exact) mass is 491 g/mol. The highest BCUT2D eigenvalue weighted by Gasteiger charge is 2.22. The summed E-state index contributed by atoms with van der Waals surface area (Å²) in [5, 5.41) is 6.72. The molecule has 1 amide bonds. The van der Waals surface area contributed by atoms with Crippen molar-refractivity contribution in [3.8, 4) is 16.3 Å². The van der Waals surface area contributed by atoms with Crippen LogP contribution in [0.4, 0.5) is 10.5 Å². The van der Waals surface area contributed by atoms with Crippen molar-refractivity contribution < 1.29 is 19.1 Å². The lowest BCUT2D eigenvalue weighted by atomic mass is 10.1. The van der Waals surface area contributed by atoms with Gasteiger partial charge in [0.1, 0.15) is 10.5 Å². The van der Waals surface area contributed by atoms with Gasteiger partial charge in [-0.15, -0.1) is 0 Å². The van der Waals surface area contributed by atoms with Gasteiger partial charge in [-0.2, -0.15) is 0 Å². The molecule has 0 aliphatic heterocycles. The molecule has 0 atom stereocenters. The van der Waals surface area contributed by atoms with Crippen LogP contribution in [0.25, 0.3) is 21.5 Å². The average molecular weight is 492 g/mol. The zero-order valence-electron chi connectivity index (χ0n) is 18.5. The molecule has 4 aromatic rings. The van der Waals surface area contributed by atoms with E-state index in [2.05, 4.69) is 10.6 Å². The summed E-state index contributed by atoms with van der Waals surface area (Å²) in [6.07, 6.45) is -0.836. The van der Waals surface area contributed by atoms with E-state index in [1.165, 1.54) is 11.3 Å². The minimum Gasteiger partial charge on any atom is -0.434 e. The van der Waals surface area contributed by atoms with Gasteiger partial charge in [0, 0.05) is 16.5 Å². The molecule has 0 bridgehead atoms. The fourth-order valence-electron chi connectivity index (χ4n) is 3.34. The van der Waals surface area contributed by atoms with Crippen LogP contribution in [-0.4, -0.2) is 28.8 Å². The number of aromatic nitrogens is 1. The second-order valence-electron chi connectivity index (χ2n) is 7.19. The van der Waals surface area contributed by atoms with E-state index in [0.29, 0.717) is 16.1 Å². The quantitative estimate of drug-likeness (QED) is 0.264. The summed E-state index contributed by atoms with van der Waals surface area (Å²) in [6, 6.07) is 20.5. The highest BCUT2D eigenvalue weighted by molar-refractivity contribution is 7.80. The van der Waals surface area contributed by atoms with Crippen molar-refractivity contribution in [2.75, 3.05) is 11.9 Å². The fraction of sp³-hybridized carbons (Fsp3) is 0.120. The number of ether oxygens (including phenoxy) is 2. The number of aryl methyl sites for hydroxylation is 1. The normalized spacial score (nSPS) is 10.5. The molecule has 0 aliphatic carbocycles. The summed E-state index contributed by atoms with van der Waals surface area (Å²) in [4.78, 5) is 30.0. The second kappa shape index (κ2) is 10.4. The fourth-order valence-corrected chi connectivity index (χ4v) is 4.58. The lowest BCUT2D eigenvalue weighted by molar-refractivity contribution is 0.0976. The molecule has 2 heterocycles. The van der Waals surface area contributed by atoms with E-state index in [1.807, 2.05) is 49.4 Å². The summed E-state index contributed by atoms with van der Waals surface area (Å²) >= 11 is 6.57. The van der Waals surface area contributed by atoms with Crippen LogP contribution in [0, 0.1) is 6.92 Å². The van der Waals surface area contributed by atoms with Crippen molar-refractivity contribution in [3.63, 3.8) is 0 Å². The maximum absolute atomic E-state index is 12.5. The SMILES string of the molecule is CCOC(=O)Oc1sc2nc(-c3ccccc3)cc(C)c2c1NC(=S)NC(=O)c1ccccc1. The van der Waals surface area contributed by atoms with Gasteiger partial charge in [0.25, 0.3) is 5.91 Å². The van der Waals surface area contributed by atoms with Crippen LogP contribution >= 0.6 is 23.6 Å². The maximum atomic E-state index is 12.5. The summed E-state index contributed by atoms with van der Waals surface area (Å²) in [6.45, 7) is 3.80. The second-order valence-corrected chi connectivity index (χ2v) is 8.56. The molecule has 0 saturated carbocycles. The number of thiophene rings is 1. The number of amides is 1. The van der Waals surface area contributed by atoms with Gasteiger partial charge < -0.3 is 14.8 Å². The number of rotatable bonds is 5. The van der Waals surface area contributed by atoms with Crippen LogP contribution in [0.5, 0.6) is 5.06 Å². The minimum atomic E-state index is -0.836. The number of hydrogen-bond acceptors (Lipinski definition) is 7. The van der Waals surface area contributed by atoms with Gasteiger partial charge in [0.05, 0.1) is 12.3 Å². The maximum Gasteiger partial charge on any atom is 0.514 e. The molecule has 0 saturated heterocycles. The molecule has 2 aromatic carbocycles. The third-order valence-corrected chi connectivity index (χ3v) is 6.00. The Morgan fingerprint density at radius 2 is 1.74 bits per heavy atom. The predicted octanol–water partition coefficient (Wildman–Crippen LogP) is 5.93. The van der Waals surface area contributed by atoms with E-state index < -0.39 is 6.16 Å². The summed E-state index contributed by atoms with van der Waals surface area (Å²) in [5.41, 5.74) is 3.57. The lowest BCUT2D eigenvalue weighted by Gasteiger charge is -2.12. The lowest BCUT2D eigenvalue weighted by Crippen LogP contribution is -2.34. The van der Waals surface area contributed by atoms with E-state index in [4.69, 9.17) is 26.7 Å². The summed E-state index contributed by atoms with van der Waals surface area (Å²) in [7, 11) is 0. The topological polar surface area (TPSA) is 89.6 Å². The zero-order chi connectivity index (χ0) is 24.1. The van der Waals surface area contributed by atoms with Crippen LogP contribution < -0.4 is 15.4 Å². The van der Waals surface area contributed by atoms with Crippen molar-refractivity contribution in [2.45, 2.75) is 13.8 Å². The first-order chi connectivity index (χ1) is 16.5. The van der Waals surface area contributed by atoms with Gasteiger partial charge in [0.15, 0.2) is 5.11 Å². The van der Waals surface area contributed by atoms with Crippen LogP contribution in [-0.2, 0) is 4.74 Å². The van der Waals surface area contributed by atoms with Gasteiger partial charge >= 0.3 is 6.16 Å². The minimum absolute atomic E-state index is 0.0637. The Bertz CT molecular complexity index is 1360. The highest BCUT2D eigenvalue weighted by Crippen LogP contribution is 2.44. The Morgan fingerprint density at radius 3 is 2.41 bits per heavy atom. The van der Waals surface area contributed by atoms with Gasteiger partial charge in [-0.25, -0.2) is 9.78 Å². The van der Waals surface area contributed by atoms with Crippen molar-refractivity contribution in [2.24, 2.45) is 0 Å². The Morgan fingerprint density at radius 1 is 1.06 bits per heavy atom. The van der Waals surface area contributed by atoms with Crippen molar-refractivity contribution in [1.29, 1.82) is 0 Å². The number of carbonyl (C=O) groups excluding carboxylic acids is 2. The van der Waals surface area contributed by atoms with Crippen LogP contribution in [0.15, 0.2) is 66.7 Å². The Labute approximate surface area is 205 Å². The molecule has 0 aliphatic rings. The Kier molecular flexibility index (Phi) is 7.15. The molecular formula is C25H21N3O4S2. The number of carbonyl (C=O) groups is 2. The molecule has 0 unspecified atom stereocenters. The number of benzene rings is 2. The molecule has 0 radical (unpaired) electrons. The molecule has 34 heavy (non-hydrogen) atoms. The smallest absolute Gasteiger partial charge is 0.434 e. The Hall–Kier alpha value is -3.82. The largest absolute Gasteiger partial charge is 0.514 e. The van der Waals surface area contributed by atoms with Crippen LogP contribution in [0.1, 0.15) is 22.8 Å². The predicted molar refractivity (Wildman–Crippen MR) is 138 cm³/mol. The number of anilines is 1. The standard InChI is InChI=1S/C25H21N3O4S2/c1-3-31-25(30)32-23-20(27-24(33)28-21(29)17-12-8-5-9-13-17)19-15(2)14-18(26-22(19)34-23)16-10-6-4-7-11-16/h4-14H,3H2,1-2H3,(H2,27,28,29,33). The molecular weight excluding hydrogens is 470 g/mol. The first kappa shape index (κ1) is 23.3. The number of hydrogen-bond donors (Lipinski definition) is 2. The van der Waals surface area contributed by atoms with Gasteiger partial charge in [-0.3, -0.25) is 10.1 Å². The van der Waals surface area contributed by atoms with E-state index in [0.717, 1.165) is 22.2 Å². The third-order valence-electron chi connectivity index (χ3n) is 4.84. The molecule has 4 rings (SSSR count). The van der Waals surface area contributed by atoms with E-state index in [9.17, 15) is 9.59 Å². The Balaban J connectivity index is 1.69. The van der Waals surface area contributed by atoms with E-state index >= 15 is 0 Å². The number of pyridine rings is 1. The van der Waals surface area contributed by atoms with Crippen molar-refractivity contribution in [1.82, 2.24) is 10.3 Å². The molecule has 0 spiro atoms. The van der Waals surface area contributed by atoms with E-state index in [1.54, 1.807) is 31.2 Å². The summed E-state index contributed by atoms with van der Waals surface area (Å²) < 4.78 is 10.4. The molecule has 0 fully saturated rings. The number of thiocarbonyl (C=S) groups is 1. The van der Waals surface area contributed by atoms with Gasteiger partial charge in [-0.05, 0) is 49.8 Å². The highest BCUT2D eigenvalue weighted by atomic mass is 32.1. The number of nitrogens with zero attached hydrogens (tertiary/aromatic N) is 1. The van der Waals surface area contributed by atoms with Crippen molar-refractivity contribution in [3.05, 3.63) is 77.9 Å². The first-order valence-electron chi connectivity index (χ1n) is 10.5. The molecule has 2 aromatic heterocycles. The third kappa shape index (κ3) is 5.22. The van der Waals surface area contributed by atoms with Crippen LogP contribution in [0.2, 0.25) is 0 Å². The summed E-state index contributed by atoms with van der Waals surface area (Å²) in [5.74, 6) is -0.355. The molecule has 172 valence electrons. The van der Waals surface area contributed by atoms with Crippen molar-refractivity contribution >= 4 is 56.6 Å². The first-order valence-corrected chi connectivity index (χ1v) is 11.7. The van der Waals surface area contributed by atoms with Gasteiger partial charge in [-0.1, -0.05) is 59.9 Å².